The highest BCUT2D eigenvalue weighted by Gasteiger charge is 2.30. The van der Waals surface area contributed by atoms with Gasteiger partial charge in [0.25, 0.3) is 0 Å². The van der Waals surface area contributed by atoms with Crippen LogP contribution in [-0.4, -0.2) is 29.8 Å². The lowest BCUT2D eigenvalue weighted by atomic mass is 9.87. The lowest BCUT2D eigenvalue weighted by Gasteiger charge is -2.20. The molecule has 0 radical (unpaired) electrons. The minimum atomic E-state index is -1.19. The summed E-state index contributed by atoms with van der Waals surface area (Å²) in [6.45, 7) is 6.55. The van der Waals surface area contributed by atoms with Gasteiger partial charge in [-0.05, 0) is 57.0 Å². The molecule has 4 aromatic carbocycles. The topological polar surface area (TPSA) is 84.9 Å². The number of carboxylic acids is 1. The van der Waals surface area contributed by atoms with Gasteiger partial charge in [-0.25, -0.2) is 9.59 Å². The summed E-state index contributed by atoms with van der Waals surface area (Å²) in [6, 6.07) is 30.0. The molecular formula is C34H33NO5. The Hall–Kier alpha value is -4.58. The van der Waals surface area contributed by atoms with Gasteiger partial charge in [0.2, 0.25) is 0 Å². The maximum atomic E-state index is 12.8. The molecular weight excluding hydrogens is 502 g/mol. The number of rotatable bonds is 8. The monoisotopic (exact) mass is 535 g/mol. The molecule has 2 N–H and O–H groups in total. The van der Waals surface area contributed by atoms with Gasteiger partial charge in [-0.1, -0.05) is 99.6 Å². The zero-order valence-electron chi connectivity index (χ0n) is 22.9. The van der Waals surface area contributed by atoms with Crippen molar-refractivity contribution in [2.24, 2.45) is 0 Å². The van der Waals surface area contributed by atoms with Crippen molar-refractivity contribution < 1.29 is 24.2 Å². The summed E-state index contributed by atoms with van der Waals surface area (Å²) < 4.78 is 11.7. The fraction of sp³-hybridized carbons (Fsp3) is 0.235. The van der Waals surface area contributed by atoms with E-state index in [1.165, 1.54) is 5.56 Å². The van der Waals surface area contributed by atoms with Gasteiger partial charge in [0.05, 0.1) is 0 Å². The second-order valence-electron chi connectivity index (χ2n) is 11.0. The number of alkyl carbamates (subject to hydrolysis) is 1. The highest BCUT2D eigenvalue weighted by molar-refractivity contribution is 5.81. The van der Waals surface area contributed by atoms with Crippen molar-refractivity contribution in [3.63, 3.8) is 0 Å². The minimum Gasteiger partial charge on any atom is -0.480 e. The lowest BCUT2D eigenvalue weighted by Crippen LogP contribution is -2.43. The van der Waals surface area contributed by atoms with E-state index in [9.17, 15) is 14.7 Å². The van der Waals surface area contributed by atoms with Crippen LogP contribution in [0.15, 0.2) is 97.1 Å². The predicted octanol–water partition coefficient (Wildman–Crippen LogP) is 7.31. The van der Waals surface area contributed by atoms with Crippen LogP contribution in [-0.2, 0) is 21.4 Å². The number of carbonyl (C=O) groups excluding carboxylic acids is 1. The van der Waals surface area contributed by atoms with E-state index < -0.39 is 18.1 Å². The molecule has 4 aromatic rings. The molecule has 0 fully saturated rings. The smallest absolute Gasteiger partial charge is 0.407 e. The van der Waals surface area contributed by atoms with E-state index in [1.54, 1.807) is 12.1 Å². The third-order valence-electron chi connectivity index (χ3n) is 7.28. The van der Waals surface area contributed by atoms with Crippen LogP contribution >= 0.6 is 0 Å². The van der Waals surface area contributed by atoms with E-state index in [4.69, 9.17) is 9.47 Å². The number of fused-ring (bicyclic) bond motifs is 3. The Morgan fingerprint density at radius 3 is 2.00 bits per heavy atom. The Kier molecular flexibility index (Phi) is 7.60. The average Bonchev–Trinajstić information content (AvgIpc) is 3.26. The molecule has 0 spiro atoms. The number of carbonyl (C=O) groups is 2. The fourth-order valence-corrected chi connectivity index (χ4v) is 5.12. The predicted molar refractivity (Wildman–Crippen MR) is 155 cm³/mol. The molecule has 0 aliphatic heterocycles. The SMILES string of the molecule is CC(C)(C)c1ccc(Oc2ccccc2CC(NC(=O)OCC2c3ccccc3-c3ccccc32)C(=O)O)cc1. The molecule has 204 valence electrons. The Bertz CT molecular complexity index is 1470. The van der Waals surface area contributed by atoms with Crippen LogP contribution in [0.1, 0.15) is 48.9 Å². The number of amides is 1. The second-order valence-corrected chi connectivity index (χ2v) is 11.0. The summed E-state index contributed by atoms with van der Waals surface area (Å²) in [7, 11) is 0. The molecule has 1 unspecified atom stereocenters. The normalized spacial score (nSPS) is 13.2. The number of aliphatic carboxylic acids is 1. The number of para-hydroxylation sites is 1. The first kappa shape index (κ1) is 27.0. The first-order valence-electron chi connectivity index (χ1n) is 13.4. The van der Waals surface area contributed by atoms with Crippen LogP contribution in [0.4, 0.5) is 4.79 Å². The van der Waals surface area contributed by atoms with E-state index in [2.05, 4.69) is 38.2 Å². The third kappa shape index (κ3) is 5.86. The fourth-order valence-electron chi connectivity index (χ4n) is 5.12. The molecule has 6 heteroatoms. The van der Waals surface area contributed by atoms with Crippen LogP contribution in [0.25, 0.3) is 11.1 Å². The Morgan fingerprint density at radius 2 is 1.40 bits per heavy atom. The number of ether oxygens (including phenoxy) is 2. The van der Waals surface area contributed by atoms with E-state index >= 15 is 0 Å². The maximum absolute atomic E-state index is 12.8. The third-order valence-corrected chi connectivity index (χ3v) is 7.28. The molecule has 6 nitrogen and oxygen atoms in total. The van der Waals surface area contributed by atoms with Gasteiger partial charge in [-0.15, -0.1) is 0 Å². The first-order valence-corrected chi connectivity index (χ1v) is 13.4. The van der Waals surface area contributed by atoms with Crippen molar-refractivity contribution in [1.29, 1.82) is 0 Å². The van der Waals surface area contributed by atoms with Gasteiger partial charge < -0.3 is 19.9 Å². The lowest BCUT2D eigenvalue weighted by molar-refractivity contribution is -0.139. The quantitative estimate of drug-likeness (QED) is 0.247. The Labute approximate surface area is 234 Å². The van der Waals surface area contributed by atoms with Crippen LogP contribution in [0.5, 0.6) is 11.5 Å². The largest absolute Gasteiger partial charge is 0.480 e. The molecule has 0 aromatic heterocycles. The van der Waals surface area contributed by atoms with Crippen molar-refractivity contribution in [2.75, 3.05) is 6.61 Å². The van der Waals surface area contributed by atoms with Gasteiger partial charge in [-0.2, -0.15) is 0 Å². The van der Waals surface area contributed by atoms with Gasteiger partial charge in [0.15, 0.2) is 0 Å². The number of hydrogen-bond donors (Lipinski definition) is 2. The Balaban J connectivity index is 1.25. The molecule has 1 atom stereocenters. The van der Waals surface area contributed by atoms with Crippen molar-refractivity contribution in [2.45, 2.75) is 44.6 Å². The van der Waals surface area contributed by atoms with Crippen LogP contribution in [0.2, 0.25) is 0 Å². The summed E-state index contributed by atoms with van der Waals surface area (Å²) >= 11 is 0. The van der Waals surface area contributed by atoms with E-state index in [0.717, 1.165) is 22.3 Å². The summed E-state index contributed by atoms with van der Waals surface area (Å²) in [5.41, 5.74) is 6.30. The van der Waals surface area contributed by atoms with Crippen molar-refractivity contribution in [3.8, 4) is 22.6 Å². The van der Waals surface area contributed by atoms with E-state index in [-0.39, 0.29) is 24.4 Å². The van der Waals surface area contributed by atoms with E-state index in [0.29, 0.717) is 17.1 Å². The van der Waals surface area contributed by atoms with Crippen molar-refractivity contribution >= 4 is 12.1 Å². The summed E-state index contributed by atoms with van der Waals surface area (Å²) in [4.78, 5) is 24.9. The molecule has 1 aliphatic carbocycles. The summed E-state index contributed by atoms with van der Waals surface area (Å²) in [5.74, 6) is -0.0820. The highest BCUT2D eigenvalue weighted by atomic mass is 16.5. The molecule has 5 rings (SSSR count). The van der Waals surface area contributed by atoms with Gasteiger partial charge in [0, 0.05) is 12.3 Å². The average molecular weight is 536 g/mol. The molecule has 1 amide bonds. The highest BCUT2D eigenvalue weighted by Crippen LogP contribution is 2.44. The van der Waals surface area contributed by atoms with Gasteiger partial charge in [0.1, 0.15) is 24.1 Å². The number of hydrogen-bond acceptors (Lipinski definition) is 4. The molecule has 1 aliphatic rings. The number of benzene rings is 4. The zero-order valence-corrected chi connectivity index (χ0v) is 22.9. The summed E-state index contributed by atoms with van der Waals surface area (Å²) in [6.07, 6.45) is -0.735. The zero-order chi connectivity index (χ0) is 28.3. The van der Waals surface area contributed by atoms with Crippen LogP contribution in [0.3, 0.4) is 0 Å². The molecule has 0 heterocycles. The Morgan fingerprint density at radius 1 is 0.825 bits per heavy atom. The second kappa shape index (κ2) is 11.3. The minimum absolute atomic E-state index is 0.0238. The van der Waals surface area contributed by atoms with Crippen molar-refractivity contribution in [1.82, 2.24) is 5.32 Å². The number of nitrogens with one attached hydrogen (secondary N) is 1. The van der Waals surface area contributed by atoms with Crippen LogP contribution in [0, 0.1) is 0 Å². The molecule has 0 saturated carbocycles. The summed E-state index contributed by atoms with van der Waals surface area (Å²) in [5, 5.41) is 12.4. The first-order chi connectivity index (χ1) is 19.2. The standard InChI is InChI=1S/C34H33NO5/c1-34(2,3)23-16-18-24(19-17-23)40-31-15-9-4-10-22(31)20-30(32(36)37)35-33(38)39-21-29-27-13-7-5-11-25(27)26-12-6-8-14-28(26)29/h4-19,29-30H,20-21H2,1-3H3,(H,35,38)(H,36,37). The molecule has 0 bridgehead atoms. The van der Waals surface area contributed by atoms with E-state index in [1.807, 2.05) is 72.8 Å². The molecule has 40 heavy (non-hydrogen) atoms. The maximum Gasteiger partial charge on any atom is 0.407 e. The van der Waals surface area contributed by atoms with Crippen molar-refractivity contribution in [3.05, 3.63) is 119 Å². The van der Waals surface area contributed by atoms with Gasteiger partial charge >= 0.3 is 12.1 Å². The van der Waals surface area contributed by atoms with Crippen LogP contribution < -0.4 is 10.1 Å². The molecule has 0 saturated heterocycles. The van der Waals surface area contributed by atoms with Gasteiger partial charge in [-0.3, -0.25) is 0 Å². The number of carboxylic acid groups (broad SMARTS) is 1.